The first-order chi connectivity index (χ1) is 11.0. The highest BCUT2D eigenvalue weighted by Gasteiger charge is 2.31. The Morgan fingerprint density at radius 1 is 1.22 bits per heavy atom. The Morgan fingerprint density at radius 2 is 2.04 bits per heavy atom. The van der Waals surface area contributed by atoms with Crippen LogP contribution in [0.1, 0.15) is 25.1 Å². The highest BCUT2D eigenvalue weighted by atomic mass is 32.2. The van der Waals surface area contributed by atoms with E-state index >= 15 is 0 Å². The van der Waals surface area contributed by atoms with Gasteiger partial charge in [-0.05, 0) is 13.8 Å². The van der Waals surface area contributed by atoms with Gasteiger partial charge in [0.1, 0.15) is 18.0 Å². The molecule has 0 radical (unpaired) electrons. The van der Waals surface area contributed by atoms with Crippen molar-refractivity contribution in [3.05, 3.63) is 36.2 Å². The van der Waals surface area contributed by atoms with Gasteiger partial charge in [0.05, 0.1) is 17.1 Å². The van der Waals surface area contributed by atoms with E-state index in [2.05, 4.69) is 25.3 Å². The molecule has 23 heavy (non-hydrogen) atoms. The molecule has 1 N–H and O–H groups in total. The molecule has 0 saturated carbocycles. The fourth-order valence-corrected chi connectivity index (χ4v) is 3.68. The van der Waals surface area contributed by atoms with Crippen molar-refractivity contribution in [2.45, 2.75) is 32.1 Å². The number of anilines is 2. The van der Waals surface area contributed by atoms with Gasteiger partial charge in [-0.2, -0.15) is 4.31 Å². The van der Waals surface area contributed by atoms with Crippen molar-refractivity contribution >= 4 is 21.7 Å². The minimum absolute atomic E-state index is 0.263. The maximum Gasteiger partial charge on any atom is 0.216 e. The minimum atomic E-state index is -3.31. The average molecular weight is 334 g/mol. The van der Waals surface area contributed by atoms with Crippen molar-refractivity contribution in [3.63, 3.8) is 0 Å². The van der Waals surface area contributed by atoms with Crippen molar-refractivity contribution in [2.24, 2.45) is 0 Å². The molecule has 9 heteroatoms. The third-order valence-electron chi connectivity index (χ3n) is 3.73. The Balaban J connectivity index is 1.92. The number of fused-ring (bicyclic) bond motifs is 1. The molecule has 1 aliphatic heterocycles. The summed E-state index contributed by atoms with van der Waals surface area (Å²) in [6, 6.07) is 0. The van der Waals surface area contributed by atoms with Crippen LogP contribution in [0.5, 0.6) is 0 Å². The molecule has 0 unspecified atom stereocenters. The van der Waals surface area contributed by atoms with E-state index < -0.39 is 15.3 Å². The van der Waals surface area contributed by atoms with E-state index in [9.17, 15) is 8.42 Å². The maximum atomic E-state index is 12.4. The van der Waals surface area contributed by atoms with E-state index in [1.54, 1.807) is 32.4 Å². The molecule has 0 amide bonds. The lowest BCUT2D eigenvalue weighted by Gasteiger charge is -2.29. The smallest absolute Gasteiger partial charge is 0.216 e. The van der Waals surface area contributed by atoms with Crippen LogP contribution in [0.4, 0.5) is 11.6 Å². The molecule has 3 rings (SSSR count). The molecule has 0 spiro atoms. The molecule has 122 valence electrons. The van der Waals surface area contributed by atoms with E-state index in [4.69, 9.17) is 0 Å². The number of nitrogens with one attached hydrogen (secondary N) is 1. The summed E-state index contributed by atoms with van der Waals surface area (Å²) >= 11 is 0. The third kappa shape index (κ3) is 3.15. The largest absolute Gasteiger partial charge is 0.323 e. The molecule has 3 heterocycles. The lowest BCUT2D eigenvalue weighted by molar-refractivity contribution is 0.383. The molecular formula is C14H18N6O2S. The normalized spacial score (nSPS) is 15.4. The van der Waals surface area contributed by atoms with Crippen LogP contribution in [0.3, 0.4) is 0 Å². The van der Waals surface area contributed by atoms with Crippen molar-refractivity contribution in [3.8, 4) is 0 Å². The summed E-state index contributed by atoms with van der Waals surface area (Å²) in [5.74, 6) is 1.12. The van der Waals surface area contributed by atoms with Crippen LogP contribution in [0, 0.1) is 0 Å². The average Bonchev–Trinajstić information content (AvgIpc) is 2.55. The van der Waals surface area contributed by atoms with Gasteiger partial charge in [-0.15, -0.1) is 0 Å². The zero-order valence-corrected chi connectivity index (χ0v) is 13.8. The summed E-state index contributed by atoms with van der Waals surface area (Å²) < 4.78 is 26.3. The molecular weight excluding hydrogens is 316 g/mol. The monoisotopic (exact) mass is 334 g/mol. The predicted molar refractivity (Wildman–Crippen MR) is 85.5 cm³/mol. The highest BCUT2D eigenvalue weighted by molar-refractivity contribution is 7.89. The Hall–Kier alpha value is -2.13. The number of hydrogen-bond donors (Lipinski definition) is 1. The molecule has 1 aliphatic rings. The Labute approximate surface area is 135 Å². The Kier molecular flexibility index (Phi) is 4.22. The quantitative estimate of drug-likeness (QED) is 0.893. The molecule has 2 aromatic rings. The van der Waals surface area contributed by atoms with E-state index in [1.807, 2.05) is 0 Å². The van der Waals surface area contributed by atoms with Crippen LogP contribution in [0.25, 0.3) is 0 Å². The van der Waals surface area contributed by atoms with Gasteiger partial charge in [0, 0.05) is 37.5 Å². The van der Waals surface area contributed by atoms with Crippen LogP contribution in [-0.4, -0.2) is 44.5 Å². The molecule has 0 saturated heterocycles. The number of hydrogen-bond acceptors (Lipinski definition) is 7. The van der Waals surface area contributed by atoms with Gasteiger partial charge >= 0.3 is 0 Å². The predicted octanol–water partition coefficient (Wildman–Crippen LogP) is 1.11. The zero-order chi connectivity index (χ0) is 16.4. The van der Waals surface area contributed by atoms with Crippen molar-refractivity contribution < 1.29 is 8.42 Å². The molecule has 0 aliphatic carbocycles. The lowest BCUT2D eigenvalue weighted by Crippen LogP contribution is -2.40. The van der Waals surface area contributed by atoms with Gasteiger partial charge in [-0.3, -0.25) is 4.98 Å². The molecule has 8 nitrogen and oxygen atoms in total. The zero-order valence-electron chi connectivity index (χ0n) is 13.0. The maximum absolute atomic E-state index is 12.4. The van der Waals surface area contributed by atoms with Gasteiger partial charge < -0.3 is 5.32 Å². The van der Waals surface area contributed by atoms with Crippen LogP contribution in [0.15, 0.2) is 24.9 Å². The number of sulfonamides is 1. The standard InChI is InChI=1S/C14H18N6O2S/c1-10(2)23(21,22)20-6-3-12-11(8-20)14(18-9-17-12)19-13-7-15-4-5-16-13/h4-5,7,9-10H,3,6,8H2,1-2H3,(H,16,17,18,19). The van der Waals surface area contributed by atoms with Crippen LogP contribution < -0.4 is 5.32 Å². The second-order valence-electron chi connectivity index (χ2n) is 5.54. The Bertz CT molecular complexity index is 794. The van der Waals surface area contributed by atoms with Gasteiger partial charge in [0.15, 0.2) is 0 Å². The SMILES string of the molecule is CC(C)S(=O)(=O)N1CCc2ncnc(Nc3cnccn3)c2C1. The number of nitrogens with zero attached hydrogens (tertiary/aromatic N) is 5. The summed E-state index contributed by atoms with van der Waals surface area (Å²) in [5, 5.41) is 2.63. The first-order valence-electron chi connectivity index (χ1n) is 7.33. The first-order valence-corrected chi connectivity index (χ1v) is 8.83. The highest BCUT2D eigenvalue weighted by Crippen LogP contribution is 2.27. The third-order valence-corrected chi connectivity index (χ3v) is 5.96. The summed E-state index contributed by atoms with van der Waals surface area (Å²) in [4.78, 5) is 16.7. The molecule has 0 bridgehead atoms. The van der Waals surface area contributed by atoms with Gasteiger partial charge in [0.25, 0.3) is 0 Å². The van der Waals surface area contributed by atoms with Crippen molar-refractivity contribution in [2.75, 3.05) is 11.9 Å². The van der Waals surface area contributed by atoms with E-state index in [0.717, 1.165) is 11.3 Å². The number of rotatable bonds is 4. The molecule has 2 aromatic heterocycles. The summed E-state index contributed by atoms with van der Waals surface area (Å²) in [6.45, 7) is 4.07. The molecule has 0 atom stereocenters. The molecule has 0 fully saturated rings. The number of aromatic nitrogens is 4. The van der Waals surface area contributed by atoms with E-state index in [1.165, 1.54) is 10.6 Å². The van der Waals surface area contributed by atoms with Gasteiger partial charge in [0.2, 0.25) is 10.0 Å². The van der Waals surface area contributed by atoms with Crippen molar-refractivity contribution in [1.29, 1.82) is 0 Å². The van der Waals surface area contributed by atoms with Gasteiger partial charge in [-0.25, -0.2) is 23.4 Å². The van der Waals surface area contributed by atoms with Crippen LogP contribution in [-0.2, 0) is 23.0 Å². The summed E-state index contributed by atoms with van der Waals surface area (Å²) in [6.07, 6.45) is 6.78. The fourth-order valence-electron chi connectivity index (χ4n) is 2.42. The Morgan fingerprint density at radius 3 is 2.74 bits per heavy atom. The van der Waals surface area contributed by atoms with Crippen LogP contribution >= 0.6 is 0 Å². The van der Waals surface area contributed by atoms with Gasteiger partial charge in [-0.1, -0.05) is 0 Å². The topological polar surface area (TPSA) is 101 Å². The summed E-state index contributed by atoms with van der Waals surface area (Å²) in [7, 11) is -3.31. The van der Waals surface area contributed by atoms with Crippen LogP contribution in [0.2, 0.25) is 0 Å². The minimum Gasteiger partial charge on any atom is -0.323 e. The fraction of sp³-hybridized carbons (Fsp3) is 0.429. The summed E-state index contributed by atoms with van der Waals surface area (Å²) in [5.41, 5.74) is 1.65. The lowest BCUT2D eigenvalue weighted by atomic mass is 10.1. The first kappa shape index (κ1) is 15.8. The second kappa shape index (κ2) is 6.17. The van der Waals surface area contributed by atoms with E-state index in [-0.39, 0.29) is 6.54 Å². The molecule has 0 aromatic carbocycles. The second-order valence-corrected chi connectivity index (χ2v) is 8.03. The van der Waals surface area contributed by atoms with Crippen molar-refractivity contribution in [1.82, 2.24) is 24.2 Å². The van der Waals surface area contributed by atoms with E-state index in [0.29, 0.717) is 24.6 Å².